The van der Waals surface area contributed by atoms with Crippen molar-refractivity contribution in [3.8, 4) is 0 Å². The third-order valence-electron chi connectivity index (χ3n) is 1.81. The summed E-state index contributed by atoms with van der Waals surface area (Å²) in [5.74, 6) is -0.316. The van der Waals surface area contributed by atoms with E-state index in [0.717, 1.165) is 0 Å². The van der Waals surface area contributed by atoms with Crippen LogP contribution in [-0.4, -0.2) is 32.2 Å². The summed E-state index contributed by atoms with van der Waals surface area (Å²) in [5.41, 5.74) is 5.11. The molecular formula is C9H20N2O2. The van der Waals surface area contributed by atoms with Crippen LogP contribution in [0.1, 0.15) is 20.8 Å². The van der Waals surface area contributed by atoms with E-state index < -0.39 is 0 Å². The van der Waals surface area contributed by atoms with Crippen molar-refractivity contribution in [2.75, 3.05) is 20.3 Å². The van der Waals surface area contributed by atoms with Crippen molar-refractivity contribution in [1.29, 1.82) is 0 Å². The van der Waals surface area contributed by atoms with Crippen LogP contribution in [0.5, 0.6) is 0 Å². The maximum absolute atomic E-state index is 11.1. The van der Waals surface area contributed by atoms with Gasteiger partial charge in [0.2, 0.25) is 5.91 Å². The smallest absolute Gasteiger partial charge is 0.235 e. The number of amides is 1. The quantitative estimate of drug-likeness (QED) is 0.602. The van der Waals surface area contributed by atoms with Gasteiger partial charge in [-0.15, -0.1) is 0 Å². The fraction of sp³-hybridized carbons (Fsp3) is 0.889. The Labute approximate surface area is 79.8 Å². The predicted octanol–water partition coefficient (Wildman–Crippen LogP) is 0.122. The van der Waals surface area contributed by atoms with E-state index in [9.17, 15) is 4.79 Å². The Morgan fingerprint density at radius 3 is 2.38 bits per heavy atom. The van der Waals surface area contributed by atoms with Gasteiger partial charge in [0.1, 0.15) is 0 Å². The maximum Gasteiger partial charge on any atom is 0.235 e. The van der Waals surface area contributed by atoms with E-state index in [1.165, 1.54) is 0 Å². The molecule has 0 aliphatic heterocycles. The molecule has 0 bridgehead atoms. The van der Waals surface area contributed by atoms with Crippen molar-refractivity contribution in [3.63, 3.8) is 0 Å². The van der Waals surface area contributed by atoms with Gasteiger partial charge in [-0.3, -0.25) is 4.79 Å². The number of nitrogens with two attached hydrogens (primary N) is 1. The summed E-state index contributed by atoms with van der Waals surface area (Å²) in [6, 6.07) is -0.303. The van der Waals surface area contributed by atoms with Gasteiger partial charge >= 0.3 is 0 Å². The van der Waals surface area contributed by atoms with Crippen LogP contribution in [0.2, 0.25) is 0 Å². The van der Waals surface area contributed by atoms with Crippen molar-refractivity contribution in [2.24, 2.45) is 11.1 Å². The Balaban J connectivity index is 4.04. The van der Waals surface area contributed by atoms with Gasteiger partial charge < -0.3 is 15.8 Å². The first-order valence-corrected chi connectivity index (χ1v) is 4.41. The summed E-state index contributed by atoms with van der Waals surface area (Å²) >= 11 is 0. The lowest BCUT2D eigenvalue weighted by molar-refractivity contribution is -0.122. The number of rotatable bonds is 5. The van der Waals surface area contributed by atoms with Gasteiger partial charge in [0.15, 0.2) is 0 Å². The Morgan fingerprint density at radius 2 is 2.08 bits per heavy atom. The summed E-state index contributed by atoms with van der Waals surface area (Å²) < 4.78 is 4.87. The molecule has 1 amide bonds. The molecule has 3 N–H and O–H groups in total. The fourth-order valence-electron chi connectivity index (χ4n) is 1.14. The maximum atomic E-state index is 11.1. The lowest BCUT2D eigenvalue weighted by atomic mass is 9.86. The van der Waals surface area contributed by atoms with Crippen LogP contribution in [0.4, 0.5) is 0 Å². The standard InChI is InChI=1S/C9H20N2O2/c1-9(2,3)7(8(10)12)11-5-6-13-4/h7,11H,5-6H2,1-4H3,(H2,10,12). The first-order valence-electron chi connectivity index (χ1n) is 4.41. The van der Waals surface area contributed by atoms with Gasteiger partial charge in [0, 0.05) is 13.7 Å². The lowest BCUT2D eigenvalue weighted by Gasteiger charge is -2.28. The molecule has 0 aromatic heterocycles. The van der Waals surface area contributed by atoms with E-state index in [0.29, 0.717) is 13.2 Å². The molecule has 13 heavy (non-hydrogen) atoms. The van der Waals surface area contributed by atoms with Crippen molar-refractivity contribution in [2.45, 2.75) is 26.8 Å². The van der Waals surface area contributed by atoms with Gasteiger partial charge in [0.05, 0.1) is 12.6 Å². The van der Waals surface area contributed by atoms with E-state index in [2.05, 4.69) is 5.32 Å². The highest BCUT2D eigenvalue weighted by molar-refractivity contribution is 5.80. The summed E-state index contributed by atoms with van der Waals surface area (Å²) in [6.45, 7) is 7.15. The number of nitrogens with one attached hydrogen (secondary N) is 1. The topological polar surface area (TPSA) is 64.3 Å². The summed E-state index contributed by atoms with van der Waals surface area (Å²) in [7, 11) is 1.62. The van der Waals surface area contributed by atoms with Crippen molar-refractivity contribution >= 4 is 5.91 Å². The SMILES string of the molecule is COCCNC(C(N)=O)C(C)(C)C. The third-order valence-corrected chi connectivity index (χ3v) is 1.81. The molecule has 4 nitrogen and oxygen atoms in total. The molecule has 1 unspecified atom stereocenters. The molecule has 0 heterocycles. The van der Waals surface area contributed by atoms with E-state index in [1.807, 2.05) is 20.8 Å². The van der Waals surface area contributed by atoms with Gasteiger partial charge in [-0.05, 0) is 5.41 Å². The minimum absolute atomic E-state index is 0.153. The van der Waals surface area contributed by atoms with Gasteiger partial charge in [-0.25, -0.2) is 0 Å². The van der Waals surface area contributed by atoms with E-state index >= 15 is 0 Å². The van der Waals surface area contributed by atoms with Gasteiger partial charge in [-0.2, -0.15) is 0 Å². The number of carbonyl (C=O) groups excluding carboxylic acids is 1. The van der Waals surface area contributed by atoms with Crippen molar-refractivity contribution in [3.05, 3.63) is 0 Å². The zero-order chi connectivity index (χ0) is 10.5. The van der Waals surface area contributed by atoms with Crippen LogP contribution < -0.4 is 11.1 Å². The molecule has 0 fully saturated rings. The van der Waals surface area contributed by atoms with Crippen LogP contribution in [0.25, 0.3) is 0 Å². The Hall–Kier alpha value is -0.610. The fourth-order valence-corrected chi connectivity index (χ4v) is 1.14. The molecule has 4 heteroatoms. The largest absolute Gasteiger partial charge is 0.383 e. The van der Waals surface area contributed by atoms with E-state index in [4.69, 9.17) is 10.5 Å². The van der Waals surface area contributed by atoms with Crippen LogP contribution in [-0.2, 0) is 9.53 Å². The van der Waals surface area contributed by atoms with Gasteiger partial charge in [-0.1, -0.05) is 20.8 Å². The highest BCUT2D eigenvalue weighted by Gasteiger charge is 2.28. The van der Waals surface area contributed by atoms with Crippen LogP contribution in [0.3, 0.4) is 0 Å². The molecule has 0 spiro atoms. The molecule has 1 atom stereocenters. The zero-order valence-corrected chi connectivity index (χ0v) is 8.89. The van der Waals surface area contributed by atoms with Crippen LogP contribution in [0, 0.1) is 5.41 Å². The molecule has 0 aliphatic rings. The highest BCUT2D eigenvalue weighted by Crippen LogP contribution is 2.18. The highest BCUT2D eigenvalue weighted by atomic mass is 16.5. The Morgan fingerprint density at radius 1 is 1.54 bits per heavy atom. The summed E-state index contributed by atoms with van der Waals surface area (Å²) in [6.07, 6.45) is 0. The summed E-state index contributed by atoms with van der Waals surface area (Å²) in [5, 5.41) is 3.06. The zero-order valence-electron chi connectivity index (χ0n) is 8.89. The Kier molecular flexibility index (Phi) is 4.95. The second-order valence-electron chi connectivity index (χ2n) is 4.15. The molecule has 0 saturated carbocycles. The number of primary amides is 1. The molecule has 0 rings (SSSR count). The number of hydrogen-bond donors (Lipinski definition) is 2. The number of hydrogen-bond acceptors (Lipinski definition) is 3. The van der Waals surface area contributed by atoms with Gasteiger partial charge in [0.25, 0.3) is 0 Å². The monoisotopic (exact) mass is 188 g/mol. The molecule has 0 radical (unpaired) electrons. The van der Waals surface area contributed by atoms with Crippen LogP contribution in [0.15, 0.2) is 0 Å². The minimum atomic E-state index is -0.316. The first-order chi connectivity index (χ1) is 5.89. The van der Waals surface area contributed by atoms with E-state index in [1.54, 1.807) is 7.11 Å². The molecule has 0 aliphatic carbocycles. The Bertz CT molecular complexity index is 163. The second-order valence-corrected chi connectivity index (χ2v) is 4.15. The lowest BCUT2D eigenvalue weighted by Crippen LogP contribution is -2.50. The van der Waals surface area contributed by atoms with E-state index in [-0.39, 0.29) is 17.4 Å². The second kappa shape index (κ2) is 5.19. The normalized spacial score (nSPS) is 14.2. The van der Waals surface area contributed by atoms with Crippen LogP contribution >= 0.6 is 0 Å². The molecule has 0 saturated heterocycles. The molecule has 0 aromatic rings. The summed E-state index contributed by atoms with van der Waals surface area (Å²) in [4.78, 5) is 11.1. The minimum Gasteiger partial charge on any atom is -0.383 e. The molecule has 0 aromatic carbocycles. The number of methoxy groups -OCH3 is 1. The number of carbonyl (C=O) groups is 1. The molecular weight excluding hydrogens is 168 g/mol. The van der Waals surface area contributed by atoms with Crippen molar-refractivity contribution in [1.82, 2.24) is 5.32 Å². The van der Waals surface area contributed by atoms with Crippen molar-refractivity contribution < 1.29 is 9.53 Å². The molecule has 78 valence electrons. The first kappa shape index (κ1) is 12.4. The average Bonchev–Trinajstić information content (AvgIpc) is 1.94. The average molecular weight is 188 g/mol. The number of ether oxygens (including phenoxy) is 1. The third kappa shape index (κ3) is 4.85. The predicted molar refractivity (Wildman–Crippen MR) is 52.3 cm³/mol.